The van der Waals surface area contributed by atoms with Crippen LogP contribution in [0, 0.1) is 5.92 Å². The minimum atomic E-state index is -0.946. The summed E-state index contributed by atoms with van der Waals surface area (Å²) < 4.78 is 5.78. The zero-order valence-corrected chi connectivity index (χ0v) is 11.6. The summed E-state index contributed by atoms with van der Waals surface area (Å²) in [7, 11) is 0. The molecule has 1 fully saturated rings. The van der Waals surface area contributed by atoms with Crippen LogP contribution in [0.1, 0.15) is 18.4 Å². The molecule has 2 aromatic carbocycles. The standard InChI is InChI=1S/C17H18O4/c18-16-14(17(19)20)8-9-15(16)21-10-12-6-3-5-11-4-1-2-7-13(11)12/h1-7,14-16,18H,8-10H2,(H,19,20)/t14-,15+,16+/m0/s1. The highest BCUT2D eigenvalue weighted by molar-refractivity contribution is 5.85. The highest BCUT2D eigenvalue weighted by Gasteiger charge is 2.39. The van der Waals surface area contributed by atoms with Gasteiger partial charge >= 0.3 is 5.97 Å². The van der Waals surface area contributed by atoms with E-state index in [0.29, 0.717) is 19.4 Å². The second kappa shape index (κ2) is 5.84. The topological polar surface area (TPSA) is 66.8 Å². The van der Waals surface area contributed by atoms with Gasteiger partial charge < -0.3 is 14.9 Å². The lowest BCUT2D eigenvalue weighted by Crippen LogP contribution is -2.31. The fourth-order valence-electron chi connectivity index (χ4n) is 3.01. The quantitative estimate of drug-likeness (QED) is 0.906. The minimum absolute atomic E-state index is 0.384. The molecule has 4 nitrogen and oxygen atoms in total. The van der Waals surface area contributed by atoms with Gasteiger partial charge in [0.2, 0.25) is 0 Å². The molecule has 0 aliphatic heterocycles. The van der Waals surface area contributed by atoms with Crippen LogP contribution in [0.5, 0.6) is 0 Å². The number of ether oxygens (including phenoxy) is 1. The fraction of sp³-hybridized carbons (Fsp3) is 0.353. The number of aliphatic hydroxyl groups is 1. The van der Waals surface area contributed by atoms with Crippen LogP contribution < -0.4 is 0 Å². The zero-order valence-electron chi connectivity index (χ0n) is 11.6. The van der Waals surface area contributed by atoms with Crippen LogP contribution in [0.4, 0.5) is 0 Å². The normalized spacial score (nSPS) is 25.3. The molecule has 0 radical (unpaired) electrons. The molecule has 1 aliphatic carbocycles. The number of carboxylic acids is 1. The van der Waals surface area contributed by atoms with Gasteiger partial charge in [0.25, 0.3) is 0 Å². The Morgan fingerprint density at radius 1 is 1.14 bits per heavy atom. The first kappa shape index (κ1) is 14.0. The van der Waals surface area contributed by atoms with Gasteiger partial charge in [0.15, 0.2) is 0 Å². The molecule has 2 N–H and O–H groups in total. The summed E-state index contributed by atoms with van der Waals surface area (Å²) >= 11 is 0. The van der Waals surface area contributed by atoms with E-state index >= 15 is 0 Å². The molecule has 4 heteroatoms. The van der Waals surface area contributed by atoms with Crippen molar-refractivity contribution in [3.63, 3.8) is 0 Å². The Hall–Kier alpha value is -1.91. The molecule has 1 aliphatic rings. The summed E-state index contributed by atoms with van der Waals surface area (Å²) in [5.41, 5.74) is 1.05. The SMILES string of the molecule is O=C(O)[C@H]1CC[C@@H](OCc2cccc3ccccc23)[C@@H]1O. The molecule has 3 atom stereocenters. The third-order valence-electron chi connectivity index (χ3n) is 4.21. The molecule has 0 unspecified atom stereocenters. The van der Waals surface area contributed by atoms with E-state index in [4.69, 9.17) is 9.84 Å². The van der Waals surface area contributed by atoms with Gasteiger partial charge in [-0.25, -0.2) is 0 Å². The monoisotopic (exact) mass is 286 g/mol. The molecule has 0 spiro atoms. The number of hydrogen-bond acceptors (Lipinski definition) is 3. The lowest BCUT2D eigenvalue weighted by atomic mass is 10.0. The lowest BCUT2D eigenvalue weighted by molar-refractivity contribution is -0.146. The summed E-state index contributed by atoms with van der Waals surface area (Å²) in [6, 6.07) is 14.1. The van der Waals surface area contributed by atoms with Crippen molar-refractivity contribution in [3.05, 3.63) is 48.0 Å². The van der Waals surface area contributed by atoms with Gasteiger partial charge in [0.05, 0.1) is 24.7 Å². The average molecular weight is 286 g/mol. The Morgan fingerprint density at radius 3 is 2.67 bits per heavy atom. The van der Waals surface area contributed by atoms with Crippen LogP contribution in [-0.2, 0) is 16.1 Å². The summed E-state index contributed by atoms with van der Waals surface area (Å²) in [6.45, 7) is 0.384. The molecule has 0 aromatic heterocycles. The number of hydrogen-bond donors (Lipinski definition) is 2. The minimum Gasteiger partial charge on any atom is -0.481 e. The van der Waals surface area contributed by atoms with Gasteiger partial charge in [-0.2, -0.15) is 0 Å². The number of fused-ring (bicyclic) bond motifs is 1. The first-order valence-electron chi connectivity index (χ1n) is 7.16. The molecule has 0 amide bonds. The maximum Gasteiger partial charge on any atom is 0.309 e. The van der Waals surface area contributed by atoms with Crippen LogP contribution in [0.3, 0.4) is 0 Å². The number of aliphatic hydroxyl groups excluding tert-OH is 1. The molecular formula is C17H18O4. The highest BCUT2D eigenvalue weighted by Crippen LogP contribution is 2.30. The van der Waals surface area contributed by atoms with E-state index in [1.54, 1.807) is 0 Å². The fourth-order valence-corrected chi connectivity index (χ4v) is 3.01. The Bertz CT molecular complexity index is 647. The number of carboxylic acid groups (broad SMARTS) is 1. The Morgan fingerprint density at radius 2 is 1.90 bits per heavy atom. The van der Waals surface area contributed by atoms with Gasteiger partial charge in [-0.15, -0.1) is 0 Å². The molecule has 3 rings (SSSR count). The van der Waals surface area contributed by atoms with Crippen molar-refractivity contribution in [1.82, 2.24) is 0 Å². The van der Waals surface area contributed by atoms with Crippen molar-refractivity contribution in [1.29, 1.82) is 0 Å². The third-order valence-corrected chi connectivity index (χ3v) is 4.21. The second-order valence-corrected chi connectivity index (χ2v) is 5.50. The summed E-state index contributed by atoms with van der Waals surface area (Å²) in [6.07, 6.45) is -0.262. The van der Waals surface area contributed by atoms with E-state index in [9.17, 15) is 9.90 Å². The molecule has 0 saturated heterocycles. The Labute approximate surface area is 123 Å². The van der Waals surface area contributed by atoms with Crippen molar-refractivity contribution in [3.8, 4) is 0 Å². The van der Waals surface area contributed by atoms with Crippen LogP contribution in [0.15, 0.2) is 42.5 Å². The van der Waals surface area contributed by atoms with Gasteiger partial charge in [-0.3, -0.25) is 4.79 Å². The second-order valence-electron chi connectivity index (χ2n) is 5.50. The average Bonchev–Trinajstić information content (AvgIpc) is 2.86. The van der Waals surface area contributed by atoms with Crippen molar-refractivity contribution in [2.45, 2.75) is 31.7 Å². The van der Waals surface area contributed by atoms with Crippen molar-refractivity contribution < 1.29 is 19.7 Å². The van der Waals surface area contributed by atoms with Crippen LogP contribution in [-0.4, -0.2) is 28.4 Å². The third kappa shape index (κ3) is 2.77. The number of benzene rings is 2. The first-order chi connectivity index (χ1) is 10.2. The van der Waals surface area contributed by atoms with E-state index in [0.717, 1.165) is 16.3 Å². The van der Waals surface area contributed by atoms with Crippen molar-refractivity contribution >= 4 is 16.7 Å². The molecular weight excluding hydrogens is 268 g/mol. The first-order valence-corrected chi connectivity index (χ1v) is 7.16. The van der Waals surface area contributed by atoms with E-state index in [1.807, 2.05) is 42.5 Å². The zero-order chi connectivity index (χ0) is 14.8. The Balaban J connectivity index is 1.71. The number of carbonyl (C=O) groups is 1. The van der Waals surface area contributed by atoms with Gasteiger partial charge in [-0.1, -0.05) is 42.5 Å². The van der Waals surface area contributed by atoms with Crippen molar-refractivity contribution in [2.24, 2.45) is 5.92 Å². The molecule has 1 saturated carbocycles. The largest absolute Gasteiger partial charge is 0.481 e. The smallest absolute Gasteiger partial charge is 0.309 e. The predicted molar refractivity (Wildman–Crippen MR) is 78.9 cm³/mol. The molecule has 0 bridgehead atoms. The van der Waals surface area contributed by atoms with E-state index in [1.165, 1.54) is 0 Å². The van der Waals surface area contributed by atoms with Crippen LogP contribution in [0.25, 0.3) is 10.8 Å². The summed E-state index contributed by atoms with van der Waals surface area (Å²) in [5, 5.41) is 21.3. The van der Waals surface area contributed by atoms with Crippen LogP contribution in [0.2, 0.25) is 0 Å². The molecule has 21 heavy (non-hydrogen) atoms. The van der Waals surface area contributed by atoms with Gasteiger partial charge in [0.1, 0.15) is 0 Å². The maximum atomic E-state index is 11.0. The lowest BCUT2D eigenvalue weighted by Gasteiger charge is -2.18. The van der Waals surface area contributed by atoms with E-state index in [2.05, 4.69) is 0 Å². The van der Waals surface area contributed by atoms with E-state index < -0.39 is 24.1 Å². The molecule has 110 valence electrons. The Kier molecular flexibility index (Phi) is 3.90. The number of rotatable bonds is 4. The van der Waals surface area contributed by atoms with Crippen LogP contribution >= 0.6 is 0 Å². The number of aliphatic carboxylic acids is 1. The molecule has 0 heterocycles. The van der Waals surface area contributed by atoms with Gasteiger partial charge in [-0.05, 0) is 29.2 Å². The summed E-state index contributed by atoms with van der Waals surface area (Å²) in [4.78, 5) is 11.0. The maximum absolute atomic E-state index is 11.0. The van der Waals surface area contributed by atoms with Gasteiger partial charge in [0, 0.05) is 0 Å². The molecule has 2 aromatic rings. The predicted octanol–water partition coefficient (Wildman–Crippen LogP) is 2.58. The van der Waals surface area contributed by atoms with E-state index in [-0.39, 0.29) is 0 Å². The summed E-state index contributed by atoms with van der Waals surface area (Å²) in [5.74, 6) is -1.65. The van der Waals surface area contributed by atoms with Crippen molar-refractivity contribution in [2.75, 3.05) is 0 Å². The highest BCUT2D eigenvalue weighted by atomic mass is 16.5.